The molecule has 0 spiro atoms. The summed E-state index contributed by atoms with van der Waals surface area (Å²) in [4.78, 5) is 17.4. The van der Waals surface area contributed by atoms with Gasteiger partial charge in [0.05, 0.1) is 12.8 Å². The Morgan fingerprint density at radius 2 is 2.00 bits per heavy atom. The Labute approximate surface area is 108 Å². The first-order chi connectivity index (χ1) is 9.10. The largest absolute Gasteiger partial charge is 0.497 e. The Hall–Kier alpha value is -2.90. The zero-order chi connectivity index (χ0) is 13.8. The van der Waals surface area contributed by atoms with Gasteiger partial charge in [-0.1, -0.05) is 0 Å². The van der Waals surface area contributed by atoms with Crippen LogP contribution in [0.2, 0.25) is 0 Å². The van der Waals surface area contributed by atoms with Crippen molar-refractivity contribution in [2.75, 3.05) is 12.8 Å². The number of carbonyl (C=O) groups excluding carboxylic acids is 1. The first kappa shape index (κ1) is 12.6. The van der Waals surface area contributed by atoms with Crippen LogP contribution >= 0.6 is 0 Å². The van der Waals surface area contributed by atoms with E-state index in [0.717, 1.165) is 5.75 Å². The molecular weight excluding hydrogens is 248 g/mol. The molecule has 0 aliphatic carbocycles. The standard InChI is InChI=1S/C11H12N6O2/c1-19-7-4-2-6(3-5-7)16-17-11-14-8(10(13)18)9(12)15-11/h2-5H,12H2,1H3,(H2,13,18)(H,14,15). The first-order valence-electron chi connectivity index (χ1n) is 5.31. The van der Waals surface area contributed by atoms with Crippen LogP contribution in [0.25, 0.3) is 0 Å². The number of amides is 1. The van der Waals surface area contributed by atoms with E-state index in [2.05, 4.69) is 20.2 Å². The molecule has 1 aromatic carbocycles. The van der Waals surface area contributed by atoms with Crippen LogP contribution in [-0.2, 0) is 0 Å². The summed E-state index contributed by atoms with van der Waals surface area (Å²) in [7, 11) is 1.58. The summed E-state index contributed by atoms with van der Waals surface area (Å²) in [5.74, 6) is 0.131. The van der Waals surface area contributed by atoms with Gasteiger partial charge in [0.2, 0.25) is 5.95 Å². The van der Waals surface area contributed by atoms with E-state index in [1.54, 1.807) is 31.4 Å². The molecule has 0 bridgehead atoms. The average Bonchev–Trinajstić information content (AvgIpc) is 2.78. The van der Waals surface area contributed by atoms with Gasteiger partial charge in [-0.2, -0.15) is 4.98 Å². The van der Waals surface area contributed by atoms with Crippen molar-refractivity contribution in [3.05, 3.63) is 30.0 Å². The summed E-state index contributed by atoms with van der Waals surface area (Å²) < 4.78 is 5.02. The fraction of sp³-hybridized carbons (Fsp3) is 0.0909. The predicted octanol–water partition coefficient (Wildman–Crippen LogP) is 1.51. The van der Waals surface area contributed by atoms with E-state index < -0.39 is 5.91 Å². The molecule has 19 heavy (non-hydrogen) atoms. The molecule has 0 aliphatic heterocycles. The monoisotopic (exact) mass is 260 g/mol. The number of aromatic nitrogens is 2. The van der Waals surface area contributed by atoms with E-state index in [0.29, 0.717) is 5.69 Å². The number of nitrogens with two attached hydrogens (primary N) is 2. The van der Waals surface area contributed by atoms with Gasteiger partial charge in [-0.15, -0.1) is 10.2 Å². The second-order valence-corrected chi connectivity index (χ2v) is 3.58. The van der Waals surface area contributed by atoms with Gasteiger partial charge in [0.1, 0.15) is 11.4 Å². The van der Waals surface area contributed by atoms with Crippen molar-refractivity contribution >= 4 is 23.4 Å². The van der Waals surface area contributed by atoms with E-state index in [1.807, 2.05) is 0 Å². The number of nitrogens with one attached hydrogen (secondary N) is 1. The number of anilines is 1. The smallest absolute Gasteiger partial charge is 0.269 e. The molecule has 2 aromatic rings. The maximum Gasteiger partial charge on any atom is 0.269 e. The van der Waals surface area contributed by atoms with Crippen LogP contribution in [0.3, 0.4) is 0 Å². The number of azo groups is 1. The molecule has 5 N–H and O–H groups in total. The lowest BCUT2D eigenvalue weighted by molar-refractivity contribution is 0.0997. The Morgan fingerprint density at radius 3 is 2.53 bits per heavy atom. The maximum absolute atomic E-state index is 11.0. The lowest BCUT2D eigenvalue weighted by Gasteiger charge is -1.97. The van der Waals surface area contributed by atoms with Crippen molar-refractivity contribution in [1.82, 2.24) is 9.97 Å². The highest BCUT2D eigenvalue weighted by Gasteiger charge is 2.11. The van der Waals surface area contributed by atoms with Gasteiger partial charge in [-0.3, -0.25) is 4.79 Å². The Bertz CT molecular complexity index is 617. The van der Waals surface area contributed by atoms with Crippen LogP contribution in [0.4, 0.5) is 17.5 Å². The molecule has 1 amide bonds. The van der Waals surface area contributed by atoms with E-state index in [4.69, 9.17) is 16.2 Å². The number of benzene rings is 1. The summed E-state index contributed by atoms with van der Waals surface area (Å²) in [5, 5.41) is 7.76. The number of carbonyl (C=O) groups is 1. The van der Waals surface area contributed by atoms with Crippen LogP contribution in [0.1, 0.15) is 10.5 Å². The number of nitrogen functional groups attached to an aromatic ring is 1. The van der Waals surface area contributed by atoms with Crippen LogP contribution in [0.15, 0.2) is 34.5 Å². The molecule has 2 rings (SSSR count). The molecule has 1 aromatic heterocycles. The third kappa shape index (κ3) is 2.86. The zero-order valence-electron chi connectivity index (χ0n) is 10.1. The molecule has 0 unspecified atom stereocenters. The van der Waals surface area contributed by atoms with Crippen LogP contribution in [-0.4, -0.2) is 23.0 Å². The van der Waals surface area contributed by atoms with Gasteiger partial charge >= 0.3 is 0 Å². The number of hydrogen-bond donors (Lipinski definition) is 3. The van der Waals surface area contributed by atoms with Gasteiger partial charge in [0, 0.05) is 0 Å². The number of methoxy groups -OCH3 is 1. The Morgan fingerprint density at radius 1 is 1.32 bits per heavy atom. The average molecular weight is 260 g/mol. The van der Waals surface area contributed by atoms with Crippen molar-refractivity contribution in [1.29, 1.82) is 0 Å². The molecule has 0 radical (unpaired) electrons. The maximum atomic E-state index is 11.0. The molecule has 1 heterocycles. The SMILES string of the molecule is COc1ccc(N=Nc2nc(N)c(C(N)=O)[nH]2)cc1. The van der Waals surface area contributed by atoms with Crippen LogP contribution < -0.4 is 16.2 Å². The fourth-order valence-corrected chi connectivity index (χ4v) is 1.36. The Kier molecular flexibility index (Phi) is 3.42. The second kappa shape index (κ2) is 5.17. The highest BCUT2D eigenvalue weighted by molar-refractivity contribution is 5.95. The quantitative estimate of drug-likeness (QED) is 0.718. The fourth-order valence-electron chi connectivity index (χ4n) is 1.36. The number of hydrogen-bond acceptors (Lipinski definition) is 6. The summed E-state index contributed by atoms with van der Waals surface area (Å²) in [6.07, 6.45) is 0. The van der Waals surface area contributed by atoms with E-state index in [9.17, 15) is 4.79 Å². The number of ether oxygens (including phenoxy) is 1. The molecular formula is C11H12N6O2. The van der Waals surface area contributed by atoms with Crippen molar-refractivity contribution in [3.8, 4) is 5.75 Å². The van der Waals surface area contributed by atoms with E-state index in [1.165, 1.54) is 0 Å². The highest BCUT2D eigenvalue weighted by atomic mass is 16.5. The summed E-state index contributed by atoms with van der Waals surface area (Å²) in [5.41, 5.74) is 11.2. The summed E-state index contributed by atoms with van der Waals surface area (Å²) in [6, 6.07) is 6.95. The van der Waals surface area contributed by atoms with E-state index in [-0.39, 0.29) is 17.5 Å². The number of rotatable bonds is 4. The highest BCUT2D eigenvalue weighted by Crippen LogP contribution is 2.20. The molecule has 8 heteroatoms. The van der Waals surface area contributed by atoms with E-state index >= 15 is 0 Å². The van der Waals surface area contributed by atoms with Crippen LogP contribution in [0, 0.1) is 0 Å². The molecule has 0 saturated carbocycles. The Balaban J connectivity index is 2.17. The van der Waals surface area contributed by atoms with Crippen LogP contribution in [0.5, 0.6) is 5.75 Å². The minimum Gasteiger partial charge on any atom is -0.497 e. The number of aromatic amines is 1. The topological polar surface area (TPSA) is 132 Å². The lowest BCUT2D eigenvalue weighted by atomic mass is 10.3. The summed E-state index contributed by atoms with van der Waals surface area (Å²) in [6.45, 7) is 0. The lowest BCUT2D eigenvalue weighted by Crippen LogP contribution is -2.13. The number of primary amides is 1. The van der Waals surface area contributed by atoms with Crippen molar-refractivity contribution in [2.24, 2.45) is 16.0 Å². The van der Waals surface area contributed by atoms with Crippen molar-refractivity contribution < 1.29 is 9.53 Å². The minimum atomic E-state index is -0.698. The van der Waals surface area contributed by atoms with Gasteiger partial charge < -0.3 is 21.2 Å². The van der Waals surface area contributed by atoms with Gasteiger partial charge in [0.15, 0.2) is 5.82 Å². The molecule has 0 fully saturated rings. The third-order valence-corrected chi connectivity index (χ3v) is 2.30. The first-order valence-corrected chi connectivity index (χ1v) is 5.31. The predicted molar refractivity (Wildman–Crippen MR) is 68.7 cm³/mol. The second-order valence-electron chi connectivity index (χ2n) is 3.58. The molecule has 0 atom stereocenters. The minimum absolute atomic E-state index is 0.00354. The van der Waals surface area contributed by atoms with Gasteiger partial charge in [0.25, 0.3) is 5.91 Å². The van der Waals surface area contributed by atoms with Gasteiger partial charge in [-0.05, 0) is 24.3 Å². The summed E-state index contributed by atoms with van der Waals surface area (Å²) >= 11 is 0. The van der Waals surface area contributed by atoms with Crippen molar-refractivity contribution in [2.45, 2.75) is 0 Å². The third-order valence-electron chi connectivity index (χ3n) is 2.30. The number of H-pyrrole nitrogens is 1. The zero-order valence-corrected chi connectivity index (χ0v) is 10.1. The normalized spacial score (nSPS) is 10.8. The number of nitrogens with zero attached hydrogens (tertiary/aromatic N) is 3. The number of imidazole rings is 1. The van der Waals surface area contributed by atoms with Gasteiger partial charge in [-0.25, -0.2) is 0 Å². The molecule has 0 aliphatic rings. The van der Waals surface area contributed by atoms with Crippen molar-refractivity contribution in [3.63, 3.8) is 0 Å². The molecule has 8 nitrogen and oxygen atoms in total. The molecule has 98 valence electrons. The molecule has 0 saturated heterocycles.